The SMILES string of the molecule is CCCOc1ccccc1/C=N\Nc1nnc2c3ccccc3n(CCC)c2n1. The van der Waals surface area contributed by atoms with E-state index in [-0.39, 0.29) is 0 Å². The van der Waals surface area contributed by atoms with E-state index in [9.17, 15) is 0 Å². The first-order valence-electron chi connectivity index (χ1n) is 9.94. The Morgan fingerprint density at radius 2 is 1.86 bits per heavy atom. The predicted octanol–water partition coefficient (Wildman–Crippen LogP) is 4.62. The summed E-state index contributed by atoms with van der Waals surface area (Å²) < 4.78 is 7.94. The fourth-order valence-electron chi connectivity index (χ4n) is 3.29. The van der Waals surface area contributed by atoms with Crippen LogP contribution in [0.5, 0.6) is 5.75 Å². The Labute approximate surface area is 169 Å². The third kappa shape index (κ3) is 3.89. The van der Waals surface area contributed by atoms with Gasteiger partial charge in [-0.3, -0.25) is 0 Å². The van der Waals surface area contributed by atoms with Gasteiger partial charge in [-0.05, 0) is 31.0 Å². The van der Waals surface area contributed by atoms with Gasteiger partial charge in [0.15, 0.2) is 5.65 Å². The van der Waals surface area contributed by atoms with E-state index in [0.717, 1.165) is 52.8 Å². The zero-order chi connectivity index (χ0) is 20.1. The van der Waals surface area contributed by atoms with E-state index in [1.807, 2.05) is 36.4 Å². The van der Waals surface area contributed by atoms with Crippen molar-refractivity contribution < 1.29 is 4.74 Å². The smallest absolute Gasteiger partial charge is 0.265 e. The number of hydrogen-bond donors (Lipinski definition) is 1. The number of ether oxygens (including phenoxy) is 1. The van der Waals surface area contributed by atoms with E-state index in [4.69, 9.17) is 4.74 Å². The van der Waals surface area contributed by atoms with Gasteiger partial charge in [0.05, 0.1) is 18.3 Å². The number of nitrogens with zero attached hydrogens (tertiary/aromatic N) is 5. The lowest BCUT2D eigenvalue weighted by Gasteiger charge is -2.07. The predicted molar refractivity (Wildman–Crippen MR) is 117 cm³/mol. The summed E-state index contributed by atoms with van der Waals surface area (Å²) in [7, 11) is 0. The van der Waals surface area contributed by atoms with E-state index in [1.165, 1.54) is 0 Å². The number of fused-ring (bicyclic) bond motifs is 3. The van der Waals surface area contributed by atoms with Crippen LogP contribution >= 0.6 is 0 Å². The highest BCUT2D eigenvalue weighted by molar-refractivity contribution is 6.04. The standard InChI is InChI=1S/C22H24N6O/c1-3-13-28-18-11-7-6-10-17(18)20-21(28)24-22(27-25-20)26-23-15-16-9-5-8-12-19(16)29-14-4-2/h5-12,15H,3-4,13-14H2,1-2H3,(H,24,26,27)/b23-15-. The summed E-state index contributed by atoms with van der Waals surface area (Å²) in [5.41, 5.74) is 6.53. The first-order valence-corrected chi connectivity index (χ1v) is 9.94. The Morgan fingerprint density at radius 3 is 2.72 bits per heavy atom. The van der Waals surface area contributed by atoms with Crippen LogP contribution in [0.2, 0.25) is 0 Å². The Kier molecular flexibility index (Phi) is 5.65. The van der Waals surface area contributed by atoms with Crippen molar-refractivity contribution in [3.63, 3.8) is 0 Å². The summed E-state index contributed by atoms with van der Waals surface area (Å²) in [4.78, 5) is 4.67. The van der Waals surface area contributed by atoms with Crippen molar-refractivity contribution in [2.75, 3.05) is 12.0 Å². The summed E-state index contributed by atoms with van der Waals surface area (Å²) in [6.07, 6.45) is 3.67. The molecule has 29 heavy (non-hydrogen) atoms. The van der Waals surface area contributed by atoms with Gasteiger partial charge in [-0.15, -0.1) is 10.2 Å². The number of nitrogens with one attached hydrogen (secondary N) is 1. The third-order valence-electron chi connectivity index (χ3n) is 4.57. The second kappa shape index (κ2) is 8.68. The summed E-state index contributed by atoms with van der Waals surface area (Å²) in [5, 5.41) is 14.0. The second-order valence-electron chi connectivity index (χ2n) is 6.73. The maximum atomic E-state index is 5.76. The van der Waals surface area contributed by atoms with Gasteiger partial charge < -0.3 is 9.30 Å². The summed E-state index contributed by atoms with van der Waals surface area (Å²) in [5.74, 6) is 1.17. The summed E-state index contributed by atoms with van der Waals surface area (Å²) in [6.45, 7) is 5.77. The van der Waals surface area contributed by atoms with Crippen molar-refractivity contribution in [2.45, 2.75) is 33.2 Å². The zero-order valence-electron chi connectivity index (χ0n) is 16.7. The van der Waals surface area contributed by atoms with Crippen molar-refractivity contribution in [3.8, 4) is 5.75 Å². The molecule has 0 radical (unpaired) electrons. The fraction of sp³-hybridized carbons (Fsp3) is 0.273. The molecule has 0 saturated heterocycles. The van der Waals surface area contributed by atoms with E-state index >= 15 is 0 Å². The van der Waals surface area contributed by atoms with Gasteiger partial charge in [0.2, 0.25) is 0 Å². The molecule has 2 aromatic carbocycles. The highest BCUT2D eigenvalue weighted by Gasteiger charge is 2.13. The number of rotatable bonds is 8. The van der Waals surface area contributed by atoms with Crippen LogP contribution in [0.25, 0.3) is 22.1 Å². The number of benzene rings is 2. The molecule has 0 amide bonds. The van der Waals surface area contributed by atoms with Crippen LogP contribution in [-0.2, 0) is 6.54 Å². The van der Waals surface area contributed by atoms with Crippen LogP contribution < -0.4 is 10.2 Å². The monoisotopic (exact) mass is 388 g/mol. The maximum absolute atomic E-state index is 5.76. The topological polar surface area (TPSA) is 77.2 Å². The molecule has 7 heteroatoms. The quantitative estimate of drug-likeness (QED) is 0.352. The van der Waals surface area contributed by atoms with Gasteiger partial charge in [-0.1, -0.05) is 44.2 Å². The lowest BCUT2D eigenvalue weighted by molar-refractivity contribution is 0.317. The van der Waals surface area contributed by atoms with Crippen LogP contribution in [0.3, 0.4) is 0 Å². The van der Waals surface area contributed by atoms with E-state index in [0.29, 0.717) is 12.6 Å². The van der Waals surface area contributed by atoms with Crippen LogP contribution in [-0.4, -0.2) is 32.6 Å². The number of aromatic nitrogens is 4. The van der Waals surface area contributed by atoms with Crippen LogP contribution in [0.1, 0.15) is 32.3 Å². The van der Waals surface area contributed by atoms with Crippen molar-refractivity contribution in [2.24, 2.45) is 5.10 Å². The maximum Gasteiger partial charge on any atom is 0.265 e. The molecule has 0 aliphatic carbocycles. The molecule has 0 saturated carbocycles. The van der Waals surface area contributed by atoms with Gasteiger partial charge in [0.1, 0.15) is 11.3 Å². The average molecular weight is 388 g/mol. The minimum atomic E-state index is 0.362. The van der Waals surface area contributed by atoms with Gasteiger partial charge >= 0.3 is 0 Å². The van der Waals surface area contributed by atoms with E-state index < -0.39 is 0 Å². The number of para-hydroxylation sites is 2. The van der Waals surface area contributed by atoms with Crippen molar-refractivity contribution in [3.05, 3.63) is 54.1 Å². The van der Waals surface area contributed by atoms with Crippen molar-refractivity contribution in [1.82, 2.24) is 19.7 Å². The van der Waals surface area contributed by atoms with Gasteiger partial charge in [0, 0.05) is 17.5 Å². The highest BCUT2D eigenvalue weighted by atomic mass is 16.5. The molecule has 0 aliphatic rings. The molecule has 1 N–H and O–H groups in total. The average Bonchev–Trinajstić information content (AvgIpc) is 3.07. The summed E-state index contributed by atoms with van der Waals surface area (Å²) in [6, 6.07) is 16.0. The Bertz CT molecular complexity index is 1150. The minimum Gasteiger partial charge on any atom is -0.493 e. The Hall–Kier alpha value is -3.48. The molecule has 0 atom stereocenters. The first kappa shape index (κ1) is 18.9. The largest absolute Gasteiger partial charge is 0.493 e. The van der Waals surface area contributed by atoms with Crippen LogP contribution in [0.15, 0.2) is 53.6 Å². The summed E-state index contributed by atoms with van der Waals surface area (Å²) >= 11 is 0. The van der Waals surface area contributed by atoms with Gasteiger partial charge in [-0.25, -0.2) is 5.43 Å². The van der Waals surface area contributed by atoms with Gasteiger partial charge in [0.25, 0.3) is 5.95 Å². The molecular formula is C22H24N6O. The van der Waals surface area contributed by atoms with E-state index in [1.54, 1.807) is 6.21 Å². The molecule has 4 rings (SSSR count). The van der Waals surface area contributed by atoms with Crippen molar-refractivity contribution >= 4 is 34.2 Å². The molecule has 148 valence electrons. The third-order valence-corrected chi connectivity index (χ3v) is 4.57. The number of hydrogen-bond acceptors (Lipinski definition) is 6. The molecule has 0 aliphatic heterocycles. The zero-order valence-corrected chi connectivity index (χ0v) is 16.7. The van der Waals surface area contributed by atoms with E-state index in [2.05, 4.69) is 56.3 Å². The highest BCUT2D eigenvalue weighted by Crippen LogP contribution is 2.26. The number of anilines is 1. The Morgan fingerprint density at radius 1 is 1.03 bits per heavy atom. The van der Waals surface area contributed by atoms with Crippen LogP contribution in [0.4, 0.5) is 5.95 Å². The molecule has 0 unspecified atom stereocenters. The molecule has 0 fully saturated rings. The normalized spacial score (nSPS) is 11.5. The number of hydrazone groups is 1. The molecule has 7 nitrogen and oxygen atoms in total. The van der Waals surface area contributed by atoms with Crippen LogP contribution in [0, 0.1) is 0 Å². The minimum absolute atomic E-state index is 0.362. The lowest BCUT2D eigenvalue weighted by Crippen LogP contribution is -2.03. The molecular weight excluding hydrogens is 364 g/mol. The lowest BCUT2D eigenvalue weighted by atomic mass is 10.2. The number of aryl methyl sites for hydroxylation is 1. The molecule has 4 aromatic rings. The molecule has 2 heterocycles. The molecule has 2 aromatic heterocycles. The molecule has 0 bridgehead atoms. The second-order valence-corrected chi connectivity index (χ2v) is 6.73. The molecule has 0 spiro atoms. The van der Waals surface area contributed by atoms with Gasteiger partial charge in [-0.2, -0.15) is 10.1 Å². The fourth-order valence-corrected chi connectivity index (χ4v) is 3.29. The first-order chi connectivity index (χ1) is 14.3. The Balaban J connectivity index is 1.62. The van der Waals surface area contributed by atoms with Crippen molar-refractivity contribution in [1.29, 1.82) is 0 Å².